The largest absolute Gasteiger partial charge is 0.347 e. The number of carbonyl (C=O) groups excluding carboxylic acids is 3. The van der Waals surface area contributed by atoms with E-state index in [-0.39, 0.29) is 24.5 Å². The Morgan fingerprint density at radius 2 is 1.94 bits per heavy atom. The lowest BCUT2D eigenvalue weighted by atomic mass is 10.2. The second-order valence-electron chi connectivity index (χ2n) is 4.54. The van der Waals surface area contributed by atoms with E-state index in [2.05, 4.69) is 16.0 Å². The van der Waals surface area contributed by atoms with Crippen molar-refractivity contribution in [3.8, 4) is 0 Å². The average Bonchev–Trinajstić information content (AvgIpc) is 2.96. The molecule has 6 heteroatoms. The van der Waals surface area contributed by atoms with E-state index >= 15 is 0 Å². The number of carbonyl (C=O) groups is 3. The van der Waals surface area contributed by atoms with Crippen LogP contribution in [0.4, 0.5) is 0 Å². The second kappa shape index (κ2) is 5.27. The molecule has 0 aromatic carbocycles. The molecule has 0 aromatic rings. The highest BCUT2D eigenvalue weighted by Crippen LogP contribution is 2.18. The van der Waals surface area contributed by atoms with E-state index < -0.39 is 11.7 Å². The predicted octanol–water partition coefficient (Wildman–Crippen LogP) is -1.30. The zero-order valence-corrected chi connectivity index (χ0v) is 9.62. The summed E-state index contributed by atoms with van der Waals surface area (Å²) < 4.78 is 0. The number of Topliss-reactive ketones (excluding diaryl/α,β-unsaturated/α-hetero) is 1. The Kier molecular flexibility index (Phi) is 3.73. The maximum Gasteiger partial charge on any atom is 0.289 e. The maximum atomic E-state index is 11.5. The fourth-order valence-electron chi connectivity index (χ4n) is 1.77. The van der Waals surface area contributed by atoms with Crippen LogP contribution in [0.15, 0.2) is 0 Å². The Hall–Kier alpha value is -1.43. The van der Waals surface area contributed by atoms with Crippen LogP contribution < -0.4 is 16.0 Å². The molecule has 2 fully saturated rings. The van der Waals surface area contributed by atoms with Crippen LogP contribution in [-0.2, 0) is 14.4 Å². The molecular weight excluding hydrogens is 222 g/mol. The molecule has 2 aliphatic rings. The van der Waals surface area contributed by atoms with Crippen molar-refractivity contribution in [2.75, 3.05) is 13.1 Å². The molecular formula is C11H17N3O3. The Morgan fingerprint density at radius 1 is 1.18 bits per heavy atom. The summed E-state index contributed by atoms with van der Waals surface area (Å²) in [6.07, 6.45) is 3.64. The van der Waals surface area contributed by atoms with Gasteiger partial charge in [-0.15, -0.1) is 0 Å². The van der Waals surface area contributed by atoms with Gasteiger partial charge in [0.05, 0.1) is 12.6 Å². The molecule has 2 amide bonds. The standard InChI is InChI=1S/C11H17N3O3/c15-9(11(17)14-7-3-4-7)6-13-10(16)8-2-1-5-12-8/h7-8,12H,1-6H2,(H,13,16)(H,14,17). The summed E-state index contributed by atoms with van der Waals surface area (Å²) in [5, 5.41) is 8.11. The normalized spacial score (nSPS) is 23.2. The average molecular weight is 239 g/mol. The first-order valence-electron chi connectivity index (χ1n) is 6.01. The van der Waals surface area contributed by atoms with Crippen molar-refractivity contribution in [2.24, 2.45) is 0 Å². The smallest absolute Gasteiger partial charge is 0.289 e. The van der Waals surface area contributed by atoms with E-state index in [0.717, 1.165) is 32.2 Å². The van der Waals surface area contributed by atoms with Crippen molar-refractivity contribution >= 4 is 17.6 Å². The lowest BCUT2D eigenvalue weighted by Gasteiger charge is -2.10. The minimum atomic E-state index is -0.591. The van der Waals surface area contributed by atoms with Gasteiger partial charge in [0.25, 0.3) is 5.91 Å². The Labute approximate surface area is 99.5 Å². The van der Waals surface area contributed by atoms with E-state index in [4.69, 9.17) is 0 Å². The lowest BCUT2D eigenvalue weighted by Crippen LogP contribution is -2.45. The van der Waals surface area contributed by atoms with E-state index in [1.54, 1.807) is 0 Å². The van der Waals surface area contributed by atoms with Gasteiger partial charge >= 0.3 is 0 Å². The molecule has 0 spiro atoms. The fourth-order valence-corrected chi connectivity index (χ4v) is 1.77. The third kappa shape index (κ3) is 3.52. The van der Waals surface area contributed by atoms with Crippen LogP contribution in [0, 0.1) is 0 Å². The maximum absolute atomic E-state index is 11.5. The summed E-state index contributed by atoms with van der Waals surface area (Å²) >= 11 is 0. The highest BCUT2D eigenvalue weighted by Gasteiger charge is 2.27. The van der Waals surface area contributed by atoms with Gasteiger partial charge in [-0.25, -0.2) is 0 Å². The van der Waals surface area contributed by atoms with E-state index in [0.29, 0.717) is 0 Å². The predicted molar refractivity (Wildman–Crippen MR) is 60.2 cm³/mol. The van der Waals surface area contributed by atoms with Crippen molar-refractivity contribution in [3.63, 3.8) is 0 Å². The monoisotopic (exact) mass is 239 g/mol. The van der Waals surface area contributed by atoms with Crippen LogP contribution >= 0.6 is 0 Å². The van der Waals surface area contributed by atoms with Gasteiger partial charge in [0.15, 0.2) is 0 Å². The van der Waals surface area contributed by atoms with Crippen molar-refractivity contribution in [3.05, 3.63) is 0 Å². The van der Waals surface area contributed by atoms with Crippen LogP contribution in [0.25, 0.3) is 0 Å². The Morgan fingerprint density at radius 3 is 2.53 bits per heavy atom. The van der Waals surface area contributed by atoms with Crippen molar-refractivity contribution in [1.82, 2.24) is 16.0 Å². The summed E-state index contributed by atoms with van der Waals surface area (Å²) in [6, 6.07) is -0.0482. The van der Waals surface area contributed by atoms with Crippen molar-refractivity contribution < 1.29 is 14.4 Å². The van der Waals surface area contributed by atoms with Crippen molar-refractivity contribution in [2.45, 2.75) is 37.8 Å². The third-order valence-electron chi connectivity index (χ3n) is 2.97. The SMILES string of the molecule is O=C(CNC(=O)C1CCCN1)C(=O)NC1CC1. The molecule has 2 rings (SSSR count). The highest BCUT2D eigenvalue weighted by molar-refractivity contribution is 6.37. The molecule has 94 valence electrons. The molecule has 1 aliphatic carbocycles. The number of nitrogens with one attached hydrogen (secondary N) is 3. The first-order valence-corrected chi connectivity index (χ1v) is 6.01. The minimum absolute atomic E-state index is 0.165. The Bertz CT molecular complexity index is 333. The second-order valence-corrected chi connectivity index (χ2v) is 4.54. The molecule has 1 saturated carbocycles. The molecule has 1 aliphatic heterocycles. The van der Waals surface area contributed by atoms with Gasteiger partial charge in [0, 0.05) is 6.04 Å². The quantitative estimate of drug-likeness (QED) is 0.521. The first-order chi connectivity index (χ1) is 8.16. The number of ketones is 1. The van der Waals surface area contributed by atoms with Crippen molar-refractivity contribution in [1.29, 1.82) is 0 Å². The Balaban J connectivity index is 1.67. The zero-order valence-electron chi connectivity index (χ0n) is 9.62. The zero-order chi connectivity index (χ0) is 12.3. The molecule has 1 saturated heterocycles. The van der Waals surface area contributed by atoms with Gasteiger partial charge in [-0.1, -0.05) is 0 Å². The van der Waals surface area contributed by atoms with Gasteiger partial charge in [0.2, 0.25) is 11.7 Å². The van der Waals surface area contributed by atoms with Gasteiger partial charge in [-0.2, -0.15) is 0 Å². The van der Waals surface area contributed by atoms with Crippen LogP contribution in [-0.4, -0.2) is 42.8 Å². The van der Waals surface area contributed by atoms with Crippen LogP contribution in [0.2, 0.25) is 0 Å². The third-order valence-corrected chi connectivity index (χ3v) is 2.97. The summed E-state index contributed by atoms with van der Waals surface area (Å²) in [7, 11) is 0. The number of rotatable bonds is 5. The van der Waals surface area contributed by atoms with E-state index in [1.165, 1.54) is 0 Å². The highest BCUT2D eigenvalue weighted by atomic mass is 16.2. The van der Waals surface area contributed by atoms with Crippen LogP contribution in [0.5, 0.6) is 0 Å². The molecule has 1 unspecified atom stereocenters. The number of hydrogen-bond acceptors (Lipinski definition) is 4. The lowest BCUT2D eigenvalue weighted by molar-refractivity contribution is -0.138. The molecule has 17 heavy (non-hydrogen) atoms. The number of amides is 2. The molecule has 1 heterocycles. The van der Waals surface area contributed by atoms with Crippen LogP contribution in [0.3, 0.4) is 0 Å². The molecule has 6 nitrogen and oxygen atoms in total. The number of hydrogen-bond donors (Lipinski definition) is 3. The molecule has 3 N–H and O–H groups in total. The molecule has 0 bridgehead atoms. The van der Waals surface area contributed by atoms with Gasteiger partial charge in [-0.3, -0.25) is 14.4 Å². The molecule has 0 radical (unpaired) electrons. The first kappa shape index (κ1) is 12.0. The van der Waals surface area contributed by atoms with Gasteiger partial charge in [-0.05, 0) is 32.2 Å². The van der Waals surface area contributed by atoms with Crippen LogP contribution in [0.1, 0.15) is 25.7 Å². The summed E-state index contributed by atoms with van der Waals surface area (Å²) in [6.45, 7) is 0.615. The van der Waals surface area contributed by atoms with Gasteiger partial charge < -0.3 is 16.0 Å². The molecule has 0 aromatic heterocycles. The van der Waals surface area contributed by atoms with Gasteiger partial charge in [0.1, 0.15) is 0 Å². The topological polar surface area (TPSA) is 87.3 Å². The molecule has 1 atom stereocenters. The fraction of sp³-hybridized carbons (Fsp3) is 0.727. The summed E-state index contributed by atoms with van der Waals surface area (Å²) in [5.74, 6) is -1.37. The van der Waals surface area contributed by atoms with E-state index in [9.17, 15) is 14.4 Å². The van der Waals surface area contributed by atoms with E-state index in [1.807, 2.05) is 0 Å². The summed E-state index contributed by atoms with van der Waals surface area (Å²) in [5.41, 5.74) is 0. The minimum Gasteiger partial charge on any atom is -0.347 e. The summed E-state index contributed by atoms with van der Waals surface area (Å²) in [4.78, 5) is 34.2.